The van der Waals surface area contributed by atoms with Crippen LogP contribution < -0.4 is 0 Å². The van der Waals surface area contributed by atoms with E-state index in [1.165, 1.54) is 19.3 Å². The minimum absolute atomic E-state index is 0.345. The molecule has 80 valence electrons. The fourth-order valence-corrected chi connectivity index (χ4v) is 12.0. The van der Waals surface area contributed by atoms with Crippen LogP contribution in [0.15, 0.2) is 0 Å². The van der Waals surface area contributed by atoms with Crippen molar-refractivity contribution in [1.29, 1.82) is 0 Å². The van der Waals surface area contributed by atoms with E-state index in [0.29, 0.717) is 7.61 Å². The van der Waals surface area contributed by atoms with Crippen molar-refractivity contribution >= 4 is 14.6 Å². The fraction of sp³-hybridized carbons (Fsp3) is 1.00. The van der Waals surface area contributed by atoms with Crippen LogP contribution in [0.5, 0.6) is 0 Å². The third-order valence-electron chi connectivity index (χ3n) is 2.77. The zero-order chi connectivity index (χ0) is 10.3. The zero-order valence-corrected chi connectivity index (χ0v) is 11.9. The van der Waals surface area contributed by atoms with Gasteiger partial charge in [-0.25, -0.2) is 0 Å². The summed E-state index contributed by atoms with van der Waals surface area (Å²) in [5.41, 5.74) is 0. The second-order valence-corrected chi connectivity index (χ2v) is 14.3. The van der Waals surface area contributed by atoms with Crippen molar-refractivity contribution < 1.29 is 0 Å². The Bertz CT molecular complexity index is 104. The molecule has 0 aliphatic rings. The minimum atomic E-state index is -0.503. The van der Waals surface area contributed by atoms with E-state index in [2.05, 4.69) is 34.1 Å². The smallest absolute Gasteiger partial charge is 0.0613 e. The van der Waals surface area contributed by atoms with Crippen molar-refractivity contribution in [1.82, 2.24) is 0 Å². The van der Waals surface area contributed by atoms with Crippen LogP contribution in [-0.4, -0.2) is 31.8 Å². The van der Waals surface area contributed by atoms with E-state index in [1.807, 2.05) is 0 Å². The molecule has 0 nitrogen and oxygen atoms in total. The highest BCUT2D eigenvalue weighted by Crippen LogP contribution is 2.81. The van der Waals surface area contributed by atoms with E-state index >= 15 is 0 Å². The highest BCUT2D eigenvalue weighted by molar-refractivity contribution is 8.38. The molecule has 0 aromatic carbocycles. The van der Waals surface area contributed by atoms with Crippen LogP contribution >= 0.6 is 14.6 Å². The molecule has 0 rings (SSSR count). The number of hydrogen-bond donors (Lipinski definition) is 0. The zero-order valence-electron chi connectivity index (χ0n) is 10.1. The van der Waals surface area contributed by atoms with Crippen molar-refractivity contribution in [3.8, 4) is 0 Å². The molecule has 2 heteroatoms. The van der Waals surface area contributed by atoms with Crippen LogP contribution in [0, 0.1) is 0 Å². The van der Waals surface area contributed by atoms with Gasteiger partial charge in [-0.2, -0.15) is 0 Å². The van der Waals surface area contributed by atoms with Crippen LogP contribution in [0.2, 0.25) is 0 Å². The van der Waals surface area contributed by atoms with E-state index in [9.17, 15) is 0 Å². The van der Waals surface area contributed by atoms with Crippen LogP contribution in [0.25, 0.3) is 0 Å². The number of hydrogen-bond acceptors (Lipinski definition) is 0. The van der Waals surface area contributed by atoms with Gasteiger partial charge in [-0.05, 0) is 32.6 Å². The Hall–Kier alpha value is 0.860. The van der Waals surface area contributed by atoms with E-state index in [4.69, 9.17) is 0 Å². The van der Waals surface area contributed by atoms with Gasteiger partial charge in [0.15, 0.2) is 0 Å². The van der Waals surface area contributed by atoms with Crippen LogP contribution in [0.1, 0.15) is 40.0 Å². The molecule has 0 aromatic heterocycles. The molecule has 0 spiro atoms. The van der Waals surface area contributed by atoms with Gasteiger partial charge in [-0.3, -0.25) is 0 Å². The first-order valence-corrected chi connectivity index (χ1v) is 11.0. The molecule has 0 amide bonds. The first-order valence-electron chi connectivity index (χ1n) is 5.66. The summed E-state index contributed by atoms with van der Waals surface area (Å²) in [6, 6.07) is 0. The predicted molar refractivity (Wildman–Crippen MR) is 71.2 cm³/mol. The van der Waals surface area contributed by atoms with Gasteiger partial charge in [0.05, 0.1) is 18.5 Å². The topological polar surface area (TPSA) is 0 Å². The second-order valence-electron chi connectivity index (χ2n) is 4.11. The minimum Gasteiger partial charge on any atom is -0.0619 e. The highest BCUT2D eigenvalue weighted by atomic mass is 32.1. The predicted octanol–water partition coefficient (Wildman–Crippen LogP) is 4.89. The fourth-order valence-electron chi connectivity index (χ4n) is 2.18. The Kier molecular flexibility index (Phi) is 7.67. The molecular weight excluding hydrogens is 194 g/mol. The molecule has 0 aliphatic heterocycles. The summed E-state index contributed by atoms with van der Waals surface area (Å²) in [4.78, 5) is 0. The van der Waals surface area contributed by atoms with Gasteiger partial charge in [0.1, 0.15) is 0 Å². The van der Waals surface area contributed by atoms with Crippen LogP contribution in [-0.2, 0) is 0 Å². The summed E-state index contributed by atoms with van der Waals surface area (Å²) in [7, 11) is 0.345. The van der Waals surface area contributed by atoms with Gasteiger partial charge in [0, 0.05) is 14.6 Å². The first kappa shape index (κ1) is 13.9. The Balaban J connectivity index is 4.38. The lowest BCUT2D eigenvalue weighted by molar-refractivity contribution is 1.01. The van der Waals surface area contributed by atoms with Gasteiger partial charge in [0.2, 0.25) is 0 Å². The molecule has 0 fully saturated rings. The van der Waals surface area contributed by atoms with Gasteiger partial charge >= 0.3 is 0 Å². The van der Waals surface area contributed by atoms with Crippen LogP contribution in [0.4, 0.5) is 0 Å². The lowest BCUT2D eigenvalue weighted by Gasteiger charge is -2.30. The largest absolute Gasteiger partial charge is 0.0619 e. The van der Waals surface area contributed by atoms with Crippen molar-refractivity contribution in [2.24, 2.45) is 0 Å². The summed E-state index contributed by atoms with van der Waals surface area (Å²) in [5.74, 6) is 0. The molecular formula is C11H27P2+. The van der Waals surface area contributed by atoms with E-state index in [-0.39, 0.29) is 0 Å². The molecule has 0 aromatic rings. The summed E-state index contributed by atoms with van der Waals surface area (Å²) >= 11 is 0. The van der Waals surface area contributed by atoms with Crippen LogP contribution in [0.3, 0.4) is 0 Å². The Morgan fingerprint density at radius 3 is 1.23 bits per heavy atom. The van der Waals surface area contributed by atoms with Crippen molar-refractivity contribution in [2.75, 3.05) is 31.8 Å². The molecule has 0 N–H and O–H groups in total. The Morgan fingerprint density at radius 1 is 0.769 bits per heavy atom. The highest BCUT2D eigenvalue weighted by Gasteiger charge is 2.38. The lowest BCUT2D eigenvalue weighted by atomic mass is 10.6. The molecule has 13 heavy (non-hydrogen) atoms. The number of rotatable bonds is 7. The molecule has 0 atom stereocenters. The maximum absolute atomic E-state index is 2.52. The van der Waals surface area contributed by atoms with Gasteiger partial charge in [-0.15, -0.1) is 0 Å². The lowest BCUT2D eigenvalue weighted by Crippen LogP contribution is -2.05. The van der Waals surface area contributed by atoms with Crippen molar-refractivity contribution in [3.63, 3.8) is 0 Å². The summed E-state index contributed by atoms with van der Waals surface area (Å²) in [6.07, 6.45) is 8.92. The molecule has 0 saturated carbocycles. The average molecular weight is 221 g/mol. The van der Waals surface area contributed by atoms with E-state index in [0.717, 1.165) is 0 Å². The Labute approximate surface area is 86.9 Å². The van der Waals surface area contributed by atoms with Gasteiger partial charge in [0.25, 0.3) is 0 Å². The third kappa shape index (κ3) is 4.26. The van der Waals surface area contributed by atoms with E-state index in [1.54, 1.807) is 18.5 Å². The molecule has 0 bridgehead atoms. The molecule has 0 unspecified atom stereocenters. The average Bonchev–Trinajstić information content (AvgIpc) is 2.05. The SMILES string of the molecule is CCC[P+](CCC)(CCC)P(C)C. The van der Waals surface area contributed by atoms with Gasteiger partial charge in [-0.1, -0.05) is 20.8 Å². The normalized spacial score (nSPS) is 12.5. The van der Waals surface area contributed by atoms with Crippen molar-refractivity contribution in [3.05, 3.63) is 0 Å². The third-order valence-corrected chi connectivity index (χ3v) is 15.2. The second kappa shape index (κ2) is 7.19. The maximum atomic E-state index is 2.52. The standard InChI is InChI=1S/C11H27P2/c1-6-9-13(10-7-2,11-8-3)12(4)5/h6-11H2,1-5H3/q+1. The molecule has 0 radical (unpaired) electrons. The first-order chi connectivity index (χ1) is 6.13. The van der Waals surface area contributed by atoms with Gasteiger partial charge < -0.3 is 0 Å². The van der Waals surface area contributed by atoms with Crippen molar-refractivity contribution in [2.45, 2.75) is 40.0 Å². The molecule has 0 aliphatic carbocycles. The summed E-state index contributed by atoms with van der Waals surface area (Å²) in [5, 5.41) is 0. The Morgan fingerprint density at radius 2 is 1.08 bits per heavy atom. The maximum Gasteiger partial charge on any atom is 0.0613 e. The monoisotopic (exact) mass is 221 g/mol. The summed E-state index contributed by atoms with van der Waals surface area (Å²) < 4.78 is 0. The summed E-state index contributed by atoms with van der Waals surface area (Å²) in [6.45, 7) is 11.6. The molecule has 0 saturated heterocycles. The molecule has 0 heterocycles. The van der Waals surface area contributed by atoms with E-state index < -0.39 is 6.95 Å². The quantitative estimate of drug-likeness (QED) is 0.537.